The molecule has 0 aromatic heterocycles. The number of hydrogen-bond acceptors (Lipinski definition) is 5. The third kappa shape index (κ3) is 4.56. The molecule has 1 aliphatic heterocycles. The first kappa shape index (κ1) is 19.4. The van der Waals surface area contributed by atoms with Gasteiger partial charge >= 0.3 is 5.97 Å². The standard InChI is InChI=1S/C17H22FNO5S/c1-4-19(14-7-8-25(22,23)10-14)16(20)12(3)24-17(21)13-6-5-11(2)15(18)9-13/h5-6,9,12,14H,4,7-8,10H2,1-3H3/t12-,14+/m1/s1. The van der Waals surface area contributed by atoms with Crippen molar-refractivity contribution in [3.63, 3.8) is 0 Å². The Morgan fingerprint density at radius 1 is 1.40 bits per heavy atom. The van der Waals surface area contributed by atoms with Crippen molar-refractivity contribution in [3.8, 4) is 0 Å². The van der Waals surface area contributed by atoms with Crippen molar-refractivity contribution in [1.29, 1.82) is 0 Å². The van der Waals surface area contributed by atoms with Crippen LogP contribution in [0.25, 0.3) is 0 Å². The van der Waals surface area contributed by atoms with Crippen LogP contribution in [0.3, 0.4) is 0 Å². The van der Waals surface area contributed by atoms with Crippen molar-refractivity contribution < 1.29 is 27.1 Å². The van der Waals surface area contributed by atoms with Crippen molar-refractivity contribution in [2.45, 2.75) is 39.3 Å². The number of carbonyl (C=O) groups is 2. The third-order valence-electron chi connectivity index (χ3n) is 4.31. The second-order valence-corrected chi connectivity index (χ2v) is 8.42. The summed E-state index contributed by atoms with van der Waals surface area (Å²) in [5.74, 6) is -1.80. The lowest BCUT2D eigenvalue weighted by Gasteiger charge is -2.29. The van der Waals surface area contributed by atoms with Crippen LogP contribution in [0.2, 0.25) is 0 Å². The van der Waals surface area contributed by atoms with Crippen LogP contribution in [0.5, 0.6) is 0 Å². The summed E-state index contributed by atoms with van der Waals surface area (Å²) in [6.07, 6.45) is -0.703. The van der Waals surface area contributed by atoms with Gasteiger partial charge in [0.15, 0.2) is 15.9 Å². The van der Waals surface area contributed by atoms with Crippen molar-refractivity contribution in [2.24, 2.45) is 0 Å². The van der Waals surface area contributed by atoms with E-state index in [0.717, 1.165) is 6.07 Å². The van der Waals surface area contributed by atoms with Crippen LogP contribution >= 0.6 is 0 Å². The molecule has 1 aliphatic rings. The summed E-state index contributed by atoms with van der Waals surface area (Å²) in [6, 6.07) is 3.55. The maximum Gasteiger partial charge on any atom is 0.339 e. The Labute approximate surface area is 146 Å². The first-order chi connectivity index (χ1) is 11.6. The van der Waals surface area contributed by atoms with Gasteiger partial charge in [-0.05, 0) is 44.9 Å². The minimum Gasteiger partial charge on any atom is -0.449 e. The van der Waals surface area contributed by atoms with Gasteiger partial charge in [-0.1, -0.05) is 6.07 Å². The van der Waals surface area contributed by atoms with Crippen molar-refractivity contribution in [1.82, 2.24) is 4.90 Å². The minimum atomic E-state index is -3.13. The normalized spacial score (nSPS) is 20.1. The first-order valence-electron chi connectivity index (χ1n) is 8.12. The quantitative estimate of drug-likeness (QED) is 0.736. The summed E-state index contributed by atoms with van der Waals surface area (Å²) in [5.41, 5.74) is 0.425. The molecule has 1 heterocycles. The summed E-state index contributed by atoms with van der Waals surface area (Å²) in [5, 5.41) is 0. The fourth-order valence-electron chi connectivity index (χ4n) is 2.85. The number of sulfone groups is 1. The molecular weight excluding hydrogens is 349 g/mol. The van der Waals surface area contributed by atoms with E-state index in [1.807, 2.05) is 0 Å². The van der Waals surface area contributed by atoms with Gasteiger partial charge in [-0.3, -0.25) is 4.79 Å². The molecule has 0 unspecified atom stereocenters. The minimum absolute atomic E-state index is 0.0224. The molecule has 1 fully saturated rings. The van der Waals surface area contributed by atoms with Crippen LogP contribution in [0.1, 0.15) is 36.2 Å². The van der Waals surface area contributed by atoms with Crippen LogP contribution in [0.4, 0.5) is 4.39 Å². The predicted molar refractivity (Wildman–Crippen MR) is 90.5 cm³/mol. The monoisotopic (exact) mass is 371 g/mol. The second kappa shape index (κ2) is 7.51. The molecular formula is C17H22FNO5S. The molecule has 1 aromatic carbocycles. The molecule has 2 atom stereocenters. The Kier molecular flexibility index (Phi) is 5.82. The van der Waals surface area contributed by atoms with Crippen molar-refractivity contribution >= 4 is 21.7 Å². The zero-order valence-electron chi connectivity index (χ0n) is 14.5. The van der Waals surface area contributed by atoms with Gasteiger partial charge in [0, 0.05) is 12.6 Å². The van der Waals surface area contributed by atoms with Crippen molar-refractivity contribution in [3.05, 3.63) is 35.1 Å². The molecule has 2 rings (SSSR count). The van der Waals surface area contributed by atoms with Gasteiger partial charge in [0.05, 0.1) is 17.1 Å². The van der Waals surface area contributed by atoms with Crippen LogP contribution in [-0.4, -0.2) is 55.4 Å². The van der Waals surface area contributed by atoms with Gasteiger partial charge in [0.1, 0.15) is 5.82 Å². The maximum absolute atomic E-state index is 13.6. The Morgan fingerprint density at radius 2 is 2.08 bits per heavy atom. The largest absolute Gasteiger partial charge is 0.449 e. The maximum atomic E-state index is 13.6. The molecule has 6 nitrogen and oxygen atoms in total. The predicted octanol–water partition coefficient (Wildman–Crippen LogP) is 1.72. The van der Waals surface area contributed by atoms with Gasteiger partial charge in [-0.15, -0.1) is 0 Å². The summed E-state index contributed by atoms with van der Waals surface area (Å²) in [4.78, 5) is 26.1. The summed E-state index contributed by atoms with van der Waals surface area (Å²) >= 11 is 0. The molecule has 1 aromatic rings. The molecule has 0 radical (unpaired) electrons. The van der Waals surface area contributed by atoms with Gasteiger partial charge in [0.2, 0.25) is 0 Å². The number of amides is 1. The number of carbonyl (C=O) groups excluding carboxylic acids is 2. The fourth-order valence-corrected chi connectivity index (χ4v) is 4.58. The Balaban J connectivity index is 2.05. The highest BCUT2D eigenvalue weighted by atomic mass is 32.2. The van der Waals surface area contributed by atoms with Crippen LogP contribution in [0.15, 0.2) is 18.2 Å². The molecule has 1 saturated heterocycles. The zero-order valence-corrected chi connectivity index (χ0v) is 15.3. The van der Waals surface area contributed by atoms with E-state index in [0.29, 0.717) is 18.5 Å². The van der Waals surface area contributed by atoms with Gasteiger partial charge in [-0.2, -0.15) is 0 Å². The summed E-state index contributed by atoms with van der Waals surface area (Å²) in [7, 11) is -3.13. The molecule has 0 N–H and O–H groups in total. The molecule has 0 bridgehead atoms. The highest BCUT2D eigenvalue weighted by Crippen LogP contribution is 2.19. The Bertz CT molecular complexity index is 777. The lowest BCUT2D eigenvalue weighted by Crippen LogP contribution is -2.46. The van der Waals surface area contributed by atoms with Crippen LogP contribution in [-0.2, 0) is 19.4 Å². The molecule has 0 aliphatic carbocycles. The van der Waals surface area contributed by atoms with E-state index in [2.05, 4.69) is 0 Å². The SMILES string of the molecule is CCN(C(=O)[C@@H](C)OC(=O)c1ccc(C)c(F)c1)[C@H]1CCS(=O)(=O)C1. The number of hydrogen-bond donors (Lipinski definition) is 0. The van der Waals surface area contributed by atoms with Crippen molar-refractivity contribution in [2.75, 3.05) is 18.1 Å². The number of ether oxygens (including phenoxy) is 1. The summed E-state index contributed by atoms with van der Waals surface area (Å²) < 4.78 is 41.9. The fraction of sp³-hybridized carbons (Fsp3) is 0.529. The topological polar surface area (TPSA) is 80.8 Å². The van der Waals surface area contributed by atoms with E-state index >= 15 is 0 Å². The number of likely N-dealkylation sites (N-methyl/N-ethyl adjacent to an activating group) is 1. The Hall–Kier alpha value is -1.96. The third-order valence-corrected chi connectivity index (χ3v) is 6.06. The molecule has 1 amide bonds. The average Bonchev–Trinajstić information content (AvgIpc) is 2.90. The molecule has 25 heavy (non-hydrogen) atoms. The van der Waals surface area contributed by atoms with Crippen LogP contribution < -0.4 is 0 Å². The number of nitrogens with zero attached hydrogens (tertiary/aromatic N) is 1. The van der Waals surface area contributed by atoms with E-state index in [4.69, 9.17) is 4.74 Å². The van der Waals surface area contributed by atoms with E-state index in [9.17, 15) is 22.4 Å². The van der Waals surface area contributed by atoms with Gasteiger partial charge in [0.25, 0.3) is 5.91 Å². The first-order valence-corrected chi connectivity index (χ1v) is 9.94. The Morgan fingerprint density at radius 3 is 2.60 bits per heavy atom. The zero-order chi connectivity index (χ0) is 18.8. The van der Waals surface area contributed by atoms with Gasteiger partial charge in [-0.25, -0.2) is 17.6 Å². The lowest BCUT2D eigenvalue weighted by atomic mass is 10.1. The number of benzene rings is 1. The molecule has 138 valence electrons. The number of aryl methyl sites for hydroxylation is 1. The highest BCUT2D eigenvalue weighted by molar-refractivity contribution is 7.91. The summed E-state index contributed by atoms with van der Waals surface area (Å²) in [6.45, 7) is 5.06. The second-order valence-electron chi connectivity index (χ2n) is 6.19. The smallest absolute Gasteiger partial charge is 0.339 e. The van der Waals surface area contributed by atoms with E-state index in [-0.39, 0.29) is 17.1 Å². The highest BCUT2D eigenvalue weighted by Gasteiger charge is 2.36. The number of halogens is 1. The van der Waals surface area contributed by atoms with Gasteiger partial charge < -0.3 is 9.64 Å². The lowest BCUT2D eigenvalue weighted by molar-refractivity contribution is -0.141. The number of rotatable bonds is 5. The molecule has 0 spiro atoms. The molecule has 0 saturated carbocycles. The van der Waals surface area contributed by atoms with E-state index < -0.39 is 39.7 Å². The van der Waals surface area contributed by atoms with E-state index in [1.54, 1.807) is 13.8 Å². The van der Waals surface area contributed by atoms with Crippen LogP contribution in [0, 0.1) is 12.7 Å². The number of esters is 1. The van der Waals surface area contributed by atoms with E-state index in [1.165, 1.54) is 24.0 Å². The average molecular weight is 371 g/mol. The molecule has 8 heteroatoms.